The van der Waals surface area contributed by atoms with Crippen LogP contribution in [0.5, 0.6) is 0 Å². The van der Waals surface area contributed by atoms with Crippen LogP contribution in [0.2, 0.25) is 0 Å². The number of fused-ring (bicyclic) bond motifs is 3. The molecule has 3 nitrogen and oxygen atoms in total. The Morgan fingerprint density at radius 1 is 1.29 bits per heavy atom. The van der Waals surface area contributed by atoms with Gasteiger partial charge in [-0.25, -0.2) is 4.39 Å². The molecule has 86 valence electrons. The van der Waals surface area contributed by atoms with Crippen LogP contribution >= 0.6 is 0 Å². The van der Waals surface area contributed by atoms with Crippen molar-refractivity contribution in [3.05, 3.63) is 57.1 Å². The molecule has 1 aliphatic rings. The van der Waals surface area contributed by atoms with Gasteiger partial charge in [0.25, 0.3) is 5.56 Å². The zero-order valence-electron chi connectivity index (χ0n) is 9.09. The van der Waals surface area contributed by atoms with Gasteiger partial charge in [0.05, 0.1) is 5.69 Å². The maximum Gasteiger partial charge on any atom is 0.252 e. The zero-order chi connectivity index (χ0) is 12.0. The Hall–Kier alpha value is -1.94. The largest absolute Gasteiger partial charge is 0.326 e. The van der Waals surface area contributed by atoms with Crippen LogP contribution < -0.4 is 11.3 Å². The van der Waals surface area contributed by atoms with E-state index in [1.165, 1.54) is 12.1 Å². The molecule has 0 fully saturated rings. The van der Waals surface area contributed by atoms with E-state index in [4.69, 9.17) is 5.73 Å². The number of pyridine rings is 1. The standard InChI is InChI=1S/C13H11FN2O/c14-10-1-2-11-7(5-10)3-8-4-9(6-15)13(17)16-12(8)11/h1-2,4-5H,3,6,15H2,(H,16,17). The maximum absolute atomic E-state index is 13.1. The number of halogens is 1. The van der Waals surface area contributed by atoms with E-state index in [1.54, 1.807) is 6.07 Å². The summed E-state index contributed by atoms with van der Waals surface area (Å²) in [4.78, 5) is 14.5. The van der Waals surface area contributed by atoms with Crippen molar-refractivity contribution in [2.45, 2.75) is 13.0 Å². The summed E-state index contributed by atoms with van der Waals surface area (Å²) in [6.45, 7) is 0.216. The minimum Gasteiger partial charge on any atom is -0.326 e. The minimum absolute atomic E-state index is 0.163. The first-order valence-electron chi connectivity index (χ1n) is 5.43. The molecule has 1 aliphatic carbocycles. The maximum atomic E-state index is 13.1. The summed E-state index contributed by atoms with van der Waals surface area (Å²) in [5.41, 5.74) is 9.51. The summed E-state index contributed by atoms with van der Waals surface area (Å²) in [7, 11) is 0. The molecule has 17 heavy (non-hydrogen) atoms. The molecule has 1 aromatic heterocycles. The number of hydrogen-bond donors (Lipinski definition) is 2. The van der Waals surface area contributed by atoms with Gasteiger partial charge in [-0.15, -0.1) is 0 Å². The lowest BCUT2D eigenvalue weighted by Gasteiger charge is -2.02. The van der Waals surface area contributed by atoms with E-state index < -0.39 is 0 Å². The van der Waals surface area contributed by atoms with E-state index in [9.17, 15) is 9.18 Å². The van der Waals surface area contributed by atoms with Gasteiger partial charge < -0.3 is 10.7 Å². The van der Waals surface area contributed by atoms with Gasteiger partial charge in [0.2, 0.25) is 0 Å². The zero-order valence-corrected chi connectivity index (χ0v) is 9.09. The highest BCUT2D eigenvalue weighted by atomic mass is 19.1. The predicted octanol–water partition coefficient (Wildman–Crippen LogP) is 1.54. The molecule has 4 heteroatoms. The summed E-state index contributed by atoms with van der Waals surface area (Å²) in [6.07, 6.45) is 0.645. The van der Waals surface area contributed by atoms with E-state index in [0.29, 0.717) is 12.0 Å². The average molecular weight is 230 g/mol. The van der Waals surface area contributed by atoms with Crippen LogP contribution in [0.15, 0.2) is 29.1 Å². The highest BCUT2D eigenvalue weighted by molar-refractivity contribution is 5.73. The van der Waals surface area contributed by atoms with Crippen molar-refractivity contribution < 1.29 is 4.39 Å². The van der Waals surface area contributed by atoms with Crippen LogP contribution in [-0.2, 0) is 13.0 Å². The molecular formula is C13H11FN2O. The topological polar surface area (TPSA) is 58.9 Å². The molecule has 1 aromatic carbocycles. The Morgan fingerprint density at radius 3 is 2.88 bits per heavy atom. The first-order valence-corrected chi connectivity index (χ1v) is 5.43. The number of aromatic amines is 1. The molecular weight excluding hydrogens is 219 g/mol. The molecule has 0 aliphatic heterocycles. The number of nitrogens with one attached hydrogen (secondary N) is 1. The second-order valence-corrected chi connectivity index (χ2v) is 4.21. The monoisotopic (exact) mass is 230 g/mol. The van der Waals surface area contributed by atoms with Crippen LogP contribution in [0.1, 0.15) is 16.7 Å². The summed E-state index contributed by atoms with van der Waals surface area (Å²) in [5.74, 6) is -0.252. The third-order valence-corrected chi connectivity index (χ3v) is 3.14. The third kappa shape index (κ3) is 1.49. The minimum atomic E-state index is -0.252. The summed E-state index contributed by atoms with van der Waals surface area (Å²) < 4.78 is 13.1. The number of benzene rings is 1. The van der Waals surface area contributed by atoms with Gasteiger partial charge in [-0.1, -0.05) is 0 Å². The smallest absolute Gasteiger partial charge is 0.252 e. The number of rotatable bonds is 1. The van der Waals surface area contributed by atoms with E-state index in [-0.39, 0.29) is 17.9 Å². The average Bonchev–Trinajstić information content (AvgIpc) is 2.64. The molecule has 0 atom stereocenters. The first kappa shape index (κ1) is 10.2. The Bertz CT molecular complexity index is 661. The van der Waals surface area contributed by atoms with Crippen molar-refractivity contribution in [2.75, 3.05) is 0 Å². The van der Waals surface area contributed by atoms with Gasteiger partial charge >= 0.3 is 0 Å². The highest BCUT2D eigenvalue weighted by Crippen LogP contribution is 2.34. The van der Waals surface area contributed by atoms with Crippen LogP contribution in [0, 0.1) is 5.82 Å². The van der Waals surface area contributed by atoms with E-state index >= 15 is 0 Å². The van der Waals surface area contributed by atoms with Gasteiger partial charge in [-0.2, -0.15) is 0 Å². The predicted molar refractivity (Wildman–Crippen MR) is 63.2 cm³/mol. The summed E-state index contributed by atoms with van der Waals surface area (Å²) in [5, 5.41) is 0. The highest BCUT2D eigenvalue weighted by Gasteiger charge is 2.20. The van der Waals surface area contributed by atoms with Gasteiger partial charge in [0, 0.05) is 24.1 Å². The molecule has 0 saturated heterocycles. The molecule has 2 aromatic rings. The Morgan fingerprint density at radius 2 is 2.12 bits per heavy atom. The van der Waals surface area contributed by atoms with Gasteiger partial charge in [-0.05, 0) is 35.4 Å². The number of aromatic nitrogens is 1. The molecule has 1 heterocycles. The second kappa shape index (κ2) is 3.53. The molecule has 3 rings (SSSR count). The first-order chi connectivity index (χ1) is 8.19. The van der Waals surface area contributed by atoms with Crippen molar-refractivity contribution in [3.63, 3.8) is 0 Å². The lowest BCUT2D eigenvalue weighted by atomic mass is 10.1. The number of hydrogen-bond acceptors (Lipinski definition) is 2. The second-order valence-electron chi connectivity index (χ2n) is 4.21. The van der Waals surface area contributed by atoms with Gasteiger partial charge in [0.15, 0.2) is 0 Å². The normalized spacial score (nSPS) is 12.4. The lowest BCUT2D eigenvalue weighted by Crippen LogP contribution is -2.16. The van der Waals surface area contributed by atoms with Crippen LogP contribution in [-0.4, -0.2) is 4.98 Å². The quantitative estimate of drug-likeness (QED) is 0.666. The molecule has 0 spiro atoms. The summed E-state index contributed by atoms with van der Waals surface area (Å²) in [6, 6.07) is 6.43. The van der Waals surface area contributed by atoms with E-state index in [0.717, 1.165) is 22.4 Å². The molecule has 0 bridgehead atoms. The van der Waals surface area contributed by atoms with Gasteiger partial charge in [-0.3, -0.25) is 4.79 Å². The Balaban J connectivity index is 2.24. The number of nitrogens with two attached hydrogens (primary N) is 1. The Labute approximate surface area is 97.1 Å². The van der Waals surface area contributed by atoms with Crippen molar-refractivity contribution in [2.24, 2.45) is 5.73 Å². The summed E-state index contributed by atoms with van der Waals surface area (Å²) >= 11 is 0. The van der Waals surface area contributed by atoms with E-state index in [1.807, 2.05) is 6.07 Å². The number of H-pyrrole nitrogens is 1. The van der Waals surface area contributed by atoms with Crippen molar-refractivity contribution in [1.82, 2.24) is 4.98 Å². The van der Waals surface area contributed by atoms with E-state index in [2.05, 4.69) is 4.98 Å². The molecule has 0 saturated carbocycles. The lowest BCUT2D eigenvalue weighted by molar-refractivity contribution is 0.626. The third-order valence-electron chi connectivity index (χ3n) is 3.14. The van der Waals surface area contributed by atoms with Gasteiger partial charge in [0.1, 0.15) is 5.82 Å². The SMILES string of the molecule is NCc1cc2c([nH]c1=O)-c1ccc(F)cc1C2. The molecule has 0 unspecified atom stereocenters. The van der Waals surface area contributed by atoms with Crippen LogP contribution in [0.3, 0.4) is 0 Å². The molecule has 0 amide bonds. The van der Waals surface area contributed by atoms with Crippen molar-refractivity contribution >= 4 is 0 Å². The van der Waals surface area contributed by atoms with Crippen molar-refractivity contribution in [3.8, 4) is 11.3 Å². The fourth-order valence-electron chi connectivity index (χ4n) is 2.31. The molecule has 0 radical (unpaired) electrons. The fourth-order valence-corrected chi connectivity index (χ4v) is 2.31. The van der Waals surface area contributed by atoms with Crippen LogP contribution in [0.25, 0.3) is 11.3 Å². The fraction of sp³-hybridized carbons (Fsp3) is 0.154. The molecule has 3 N–H and O–H groups in total. The Kier molecular flexibility index (Phi) is 2.12. The van der Waals surface area contributed by atoms with Crippen molar-refractivity contribution in [1.29, 1.82) is 0 Å². The van der Waals surface area contributed by atoms with Crippen LogP contribution in [0.4, 0.5) is 4.39 Å².